The highest BCUT2D eigenvalue weighted by Crippen LogP contribution is 2.44. The third-order valence-corrected chi connectivity index (χ3v) is 8.64. The molecular weight excluding hydrogens is 558 g/mol. The zero-order valence-electron chi connectivity index (χ0n) is 25.1. The highest BCUT2D eigenvalue weighted by Gasteiger charge is 2.21. The molecule has 0 aliphatic carbocycles. The molecule has 7 aromatic carbocycles. The van der Waals surface area contributed by atoms with Crippen LogP contribution in [-0.4, -0.2) is 4.57 Å². The minimum atomic E-state index is 0.647. The summed E-state index contributed by atoms with van der Waals surface area (Å²) < 4.78 is 2.30. The Bertz CT molecular complexity index is 2250. The lowest BCUT2D eigenvalue weighted by Crippen LogP contribution is -2.10. The van der Waals surface area contributed by atoms with Gasteiger partial charge in [-0.05, 0) is 89.0 Å². The number of hydrogen-bond acceptors (Lipinski definition) is 2. The van der Waals surface area contributed by atoms with Crippen molar-refractivity contribution in [3.05, 3.63) is 181 Å². The monoisotopic (exact) mass is 587 g/mol. The average molecular weight is 588 g/mol. The summed E-state index contributed by atoms with van der Waals surface area (Å²) in [5.41, 5.74) is 11.9. The summed E-state index contributed by atoms with van der Waals surface area (Å²) in [6.07, 6.45) is 0. The van der Waals surface area contributed by atoms with Crippen LogP contribution in [0, 0.1) is 11.3 Å². The van der Waals surface area contributed by atoms with Crippen molar-refractivity contribution in [2.45, 2.75) is 0 Å². The summed E-state index contributed by atoms with van der Waals surface area (Å²) in [5.74, 6) is 0. The van der Waals surface area contributed by atoms with Crippen molar-refractivity contribution in [3.63, 3.8) is 0 Å². The van der Waals surface area contributed by atoms with Gasteiger partial charge in [0.25, 0.3) is 0 Å². The van der Waals surface area contributed by atoms with E-state index in [1.807, 2.05) is 36.4 Å². The number of nitriles is 1. The number of anilines is 3. The molecule has 216 valence electrons. The van der Waals surface area contributed by atoms with E-state index < -0.39 is 0 Å². The van der Waals surface area contributed by atoms with Gasteiger partial charge in [0.1, 0.15) is 0 Å². The van der Waals surface area contributed by atoms with Crippen LogP contribution in [0.3, 0.4) is 0 Å². The quantitative estimate of drug-likeness (QED) is 0.194. The first kappa shape index (κ1) is 27.2. The molecule has 0 N–H and O–H groups in total. The SMILES string of the molecule is N#Cc1ccc(-n2c3ccccc3c3c(N(c4ccc(-c5ccccc5)cc4)c4ccc(-c5ccccc5)cc4)cccc32)cc1. The average Bonchev–Trinajstić information content (AvgIpc) is 3.48. The smallest absolute Gasteiger partial charge is 0.0991 e. The van der Waals surface area contributed by atoms with Gasteiger partial charge in [-0.2, -0.15) is 5.26 Å². The summed E-state index contributed by atoms with van der Waals surface area (Å²) in [7, 11) is 0. The molecule has 8 aromatic rings. The van der Waals surface area contributed by atoms with Crippen LogP contribution in [0.5, 0.6) is 0 Å². The summed E-state index contributed by atoms with van der Waals surface area (Å²) in [6, 6.07) is 63.9. The molecule has 0 atom stereocenters. The maximum absolute atomic E-state index is 9.42. The molecule has 0 spiro atoms. The van der Waals surface area contributed by atoms with Crippen LogP contribution in [-0.2, 0) is 0 Å². The Labute approximate surface area is 268 Å². The molecule has 0 saturated carbocycles. The Morgan fingerprint density at radius 1 is 0.435 bits per heavy atom. The minimum Gasteiger partial charge on any atom is -0.310 e. The second-order valence-corrected chi connectivity index (χ2v) is 11.3. The van der Waals surface area contributed by atoms with Crippen LogP contribution in [0.2, 0.25) is 0 Å². The first-order valence-corrected chi connectivity index (χ1v) is 15.4. The molecular formula is C43H29N3. The normalized spacial score (nSPS) is 11.0. The first-order chi connectivity index (χ1) is 22.8. The number of para-hydroxylation sites is 1. The number of hydrogen-bond donors (Lipinski definition) is 0. The van der Waals surface area contributed by atoms with Crippen LogP contribution in [0.25, 0.3) is 49.7 Å². The van der Waals surface area contributed by atoms with Crippen LogP contribution < -0.4 is 4.90 Å². The van der Waals surface area contributed by atoms with Crippen molar-refractivity contribution in [1.29, 1.82) is 5.26 Å². The Balaban J connectivity index is 1.34. The van der Waals surface area contributed by atoms with Gasteiger partial charge in [-0.25, -0.2) is 0 Å². The third-order valence-electron chi connectivity index (χ3n) is 8.64. The van der Waals surface area contributed by atoms with E-state index in [0.29, 0.717) is 5.56 Å². The standard InChI is InChI=1S/C43H29N3/c44-30-31-18-24-38(25-19-31)46-40-15-8-7-14-39(40)43-41(16-9-17-42(43)46)45(36-26-20-34(21-27-36)32-10-3-1-4-11-32)37-28-22-35(23-29-37)33-12-5-2-6-13-33/h1-29H. The molecule has 0 aliphatic heterocycles. The Morgan fingerprint density at radius 3 is 1.50 bits per heavy atom. The predicted molar refractivity (Wildman–Crippen MR) is 191 cm³/mol. The van der Waals surface area contributed by atoms with Crippen molar-refractivity contribution in [2.75, 3.05) is 4.90 Å². The molecule has 1 heterocycles. The van der Waals surface area contributed by atoms with Gasteiger partial charge in [0.2, 0.25) is 0 Å². The Hall–Kier alpha value is -6.37. The molecule has 0 radical (unpaired) electrons. The third kappa shape index (κ3) is 4.79. The molecule has 0 amide bonds. The van der Waals surface area contributed by atoms with Gasteiger partial charge in [-0.15, -0.1) is 0 Å². The molecule has 3 heteroatoms. The van der Waals surface area contributed by atoms with Crippen molar-refractivity contribution in [3.8, 4) is 34.0 Å². The fourth-order valence-electron chi connectivity index (χ4n) is 6.44. The highest BCUT2D eigenvalue weighted by molar-refractivity contribution is 6.16. The fraction of sp³-hybridized carbons (Fsp3) is 0. The molecule has 0 fully saturated rings. The summed E-state index contributed by atoms with van der Waals surface area (Å²) in [5, 5.41) is 11.8. The topological polar surface area (TPSA) is 32.0 Å². The lowest BCUT2D eigenvalue weighted by atomic mass is 10.0. The highest BCUT2D eigenvalue weighted by atomic mass is 15.1. The molecule has 0 bridgehead atoms. The van der Waals surface area contributed by atoms with E-state index in [1.54, 1.807) is 0 Å². The number of rotatable bonds is 6. The van der Waals surface area contributed by atoms with E-state index >= 15 is 0 Å². The van der Waals surface area contributed by atoms with Crippen molar-refractivity contribution < 1.29 is 0 Å². The molecule has 1 aromatic heterocycles. The van der Waals surface area contributed by atoms with E-state index in [0.717, 1.165) is 33.8 Å². The zero-order valence-corrected chi connectivity index (χ0v) is 25.1. The van der Waals surface area contributed by atoms with E-state index in [2.05, 4.69) is 155 Å². The zero-order chi connectivity index (χ0) is 30.9. The van der Waals surface area contributed by atoms with Crippen molar-refractivity contribution in [1.82, 2.24) is 4.57 Å². The van der Waals surface area contributed by atoms with Gasteiger partial charge in [-0.1, -0.05) is 109 Å². The number of benzene rings is 7. The first-order valence-electron chi connectivity index (χ1n) is 15.4. The summed E-state index contributed by atoms with van der Waals surface area (Å²) in [6.45, 7) is 0. The van der Waals surface area contributed by atoms with E-state index in [9.17, 15) is 5.26 Å². The van der Waals surface area contributed by atoms with E-state index in [-0.39, 0.29) is 0 Å². The lowest BCUT2D eigenvalue weighted by molar-refractivity contribution is 1.18. The fourth-order valence-corrected chi connectivity index (χ4v) is 6.44. The van der Waals surface area contributed by atoms with Gasteiger partial charge < -0.3 is 9.47 Å². The maximum Gasteiger partial charge on any atom is 0.0991 e. The van der Waals surface area contributed by atoms with Gasteiger partial charge in [0, 0.05) is 27.8 Å². The van der Waals surface area contributed by atoms with Crippen LogP contribution in [0.1, 0.15) is 5.56 Å². The van der Waals surface area contributed by atoms with Crippen molar-refractivity contribution in [2.24, 2.45) is 0 Å². The van der Waals surface area contributed by atoms with Crippen LogP contribution in [0.4, 0.5) is 17.1 Å². The number of aromatic nitrogens is 1. The minimum absolute atomic E-state index is 0.647. The van der Waals surface area contributed by atoms with Gasteiger partial charge >= 0.3 is 0 Å². The van der Waals surface area contributed by atoms with Gasteiger partial charge in [0.05, 0.1) is 28.4 Å². The predicted octanol–water partition coefficient (Wildman–Crippen LogP) is 11.5. The molecule has 0 saturated heterocycles. The van der Waals surface area contributed by atoms with Gasteiger partial charge in [0.15, 0.2) is 0 Å². The molecule has 8 rings (SSSR count). The Kier molecular flexibility index (Phi) is 6.87. The van der Waals surface area contributed by atoms with Crippen LogP contribution in [0.15, 0.2) is 176 Å². The molecule has 3 nitrogen and oxygen atoms in total. The van der Waals surface area contributed by atoms with E-state index in [4.69, 9.17) is 0 Å². The number of fused-ring (bicyclic) bond motifs is 3. The van der Waals surface area contributed by atoms with Crippen molar-refractivity contribution >= 4 is 38.9 Å². The molecule has 0 unspecified atom stereocenters. The van der Waals surface area contributed by atoms with Gasteiger partial charge in [-0.3, -0.25) is 0 Å². The summed E-state index contributed by atoms with van der Waals surface area (Å²) in [4.78, 5) is 2.36. The van der Waals surface area contributed by atoms with Crippen LogP contribution >= 0.6 is 0 Å². The largest absolute Gasteiger partial charge is 0.310 e. The lowest BCUT2D eigenvalue weighted by Gasteiger charge is -2.27. The van der Waals surface area contributed by atoms with E-state index in [1.165, 1.54) is 33.0 Å². The summed E-state index contributed by atoms with van der Waals surface area (Å²) >= 11 is 0. The second kappa shape index (κ2) is 11.6. The molecule has 0 aliphatic rings. The number of nitrogens with zero attached hydrogens (tertiary/aromatic N) is 3. The second-order valence-electron chi connectivity index (χ2n) is 11.3. The Morgan fingerprint density at radius 2 is 0.935 bits per heavy atom. The maximum atomic E-state index is 9.42. The molecule has 46 heavy (non-hydrogen) atoms.